The van der Waals surface area contributed by atoms with Crippen LogP contribution in [-0.2, 0) is 0 Å². The van der Waals surface area contributed by atoms with Gasteiger partial charge in [0, 0.05) is 30.1 Å². The van der Waals surface area contributed by atoms with E-state index in [0.29, 0.717) is 30.0 Å². The van der Waals surface area contributed by atoms with Gasteiger partial charge >= 0.3 is 0 Å². The van der Waals surface area contributed by atoms with Gasteiger partial charge in [0.25, 0.3) is 5.91 Å². The van der Waals surface area contributed by atoms with Crippen molar-refractivity contribution in [2.45, 2.75) is 32.7 Å². The Morgan fingerprint density at radius 1 is 1.25 bits per heavy atom. The number of benzene rings is 1. The van der Waals surface area contributed by atoms with E-state index in [4.69, 9.17) is 5.73 Å². The molecule has 2 unspecified atom stereocenters. The maximum absolute atomic E-state index is 12.5. The molecule has 0 bridgehead atoms. The van der Waals surface area contributed by atoms with Gasteiger partial charge in [-0.2, -0.15) is 0 Å². The molecule has 1 saturated heterocycles. The molecule has 4 heteroatoms. The minimum Gasteiger partial charge on any atom is -0.336 e. The van der Waals surface area contributed by atoms with Crippen LogP contribution in [0, 0.1) is 5.92 Å². The summed E-state index contributed by atoms with van der Waals surface area (Å²) < 4.78 is 0. The number of hydrogen-bond acceptors (Lipinski definition) is 3. The average Bonchev–Trinajstić information content (AvgIpc) is 2.87. The molecule has 2 N–H and O–H groups in total. The van der Waals surface area contributed by atoms with E-state index in [0.717, 1.165) is 13.0 Å². The molecule has 1 fully saturated rings. The van der Waals surface area contributed by atoms with Gasteiger partial charge in [-0.25, -0.2) is 0 Å². The summed E-state index contributed by atoms with van der Waals surface area (Å²) in [6.07, 6.45) is 1.45. The van der Waals surface area contributed by atoms with Gasteiger partial charge in [-0.15, -0.1) is 0 Å². The quantitative estimate of drug-likeness (QED) is 0.855. The number of nitrogens with zero attached hydrogens (tertiary/aromatic N) is 1. The second kappa shape index (κ2) is 6.18. The van der Waals surface area contributed by atoms with Crippen LogP contribution in [0.4, 0.5) is 0 Å². The van der Waals surface area contributed by atoms with Crippen molar-refractivity contribution < 1.29 is 9.59 Å². The zero-order valence-electron chi connectivity index (χ0n) is 12.1. The predicted octanol–water partition coefficient (Wildman–Crippen LogP) is 2.09. The minimum absolute atomic E-state index is 0.0314. The van der Waals surface area contributed by atoms with E-state index in [1.165, 1.54) is 0 Å². The molecule has 20 heavy (non-hydrogen) atoms. The molecule has 1 aliphatic rings. The Bertz CT molecular complexity index is 496. The van der Waals surface area contributed by atoms with E-state index in [1.807, 2.05) is 11.8 Å². The Balaban J connectivity index is 2.11. The fraction of sp³-hybridized carbons (Fsp3) is 0.500. The molecule has 0 aromatic heterocycles. The minimum atomic E-state index is 0.0314. The monoisotopic (exact) mass is 274 g/mol. The molecule has 0 spiro atoms. The molecule has 4 nitrogen and oxygen atoms in total. The Hall–Kier alpha value is -1.68. The first-order valence-corrected chi connectivity index (χ1v) is 7.21. The summed E-state index contributed by atoms with van der Waals surface area (Å²) in [5.41, 5.74) is 7.00. The highest BCUT2D eigenvalue weighted by atomic mass is 16.2. The van der Waals surface area contributed by atoms with Crippen LogP contribution in [0.15, 0.2) is 24.3 Å². The van der Waals surface area contributed by atoms with Gasteiger partial charge in [0.2, 0.25) is 0 Å². The molecule has 0 radical (unpaired) electrons. The lowest BCUT2D eigenvalue weighted by Crippen LogP contribution is -2.34. The molecule has 1 aromatic rings. The van der Waals surface area contributed by atoms with E-state index in [1.54, 1.807) is 24.3 Å². The summed E-state index contributed by atoms with van der Waals surface area (Å²) in [7, 11) is 0. The third kappa shape index (κ3) is 2.90. The van der Waals surface area contributed by atoms with Gasteiger partial charge in [0.15, 0.2) is 5.78 Å². The lowest BCUT2D eigenvalue weighted by Gasteiger charge is -2.21. The first kappa shape index (κ1) is 14.7. The average molecular weight is 274 g/mol. The molecule has 0 saturated carbocycles. The molecule has 1 heterocycles. The number of Topliss-reactive ketones (excluding diaryl/α,β-unsaturated/α-hetero) is 1. The van der Waals surface area contributed by atoms with Crippen molar-refractivity contribution in [1.82, 2.24) is 4.90 Å². The van der Waals surface area contributed by atoms with E-state index in [-0.39, 0.29) is 17.7 Å². The molecule has 1 aromatic carbocycles. The van der Waals surface area contributed by atoms with Crippen molar-refractivity contribution in [2.75, 3.05) is 13.1 Å². The van der Waals surface area contributed by atoms with Crippen LogP contribution in [0.5, 0.6) is 0 Å². The maximum atomic E-state index is 12.5. The van der Waals surface area contributed by atoms with E-state index in [2.05, 4.69) is 6.92 Å². The number of rotatable bonds is 4. The van der Waals surface area contributed by atoms with Crippen LogP contribution in [0.1, 0.15) is 47.4 Å². The van der Waals surface area contributed by atoms with Crippen molar-refractivity contribution in [2.24, 2.45) is 11.7 Å². The number of nitrogens with two attached hydrogens (primary N) is 1. The van der Waals surface area contributed by atoms with Crippen LogP contribution in [-0.4, -0.2) is 35.7 Å². The Labute approximate surface area is 119 Å². The van der Waals surface area contributed by atoms with Crippen LogP contribution in [0.2, 0.25) is 0 Å². The topological polar surface area (TPSA) is 63.4 Å². The normalized spacial score (nSPS) is 22.1. The zero-order chi connectivity index (χ0) is 14.7. The SMILES string of the molecule is CCC(=O)c1ccc(C(=O)N2CC(CN)CC2C)cc1. The zero-order valence-corrected chi connectivity index (χ0v) is 12.1. The Kier molecular flexibility index (Phi) is 4.55. The number of amides is 1. The number of likely N-dealkylation sites (tertiary alicyclic amines) is 1. The van der Waals surface area contributed by atoms with Crippen molar-refractivity contribution in [3.05, 3.63) is 35.4 Å². The third-order valence-electron chi connectivity index (χ3n) is 4.03. The summed E-state index contributed by atoms with van der Waals surface area (Å²) in [5.74, 6) is 0.528. The molecular weight excluding hydrogens is 252 g/mol. The second-order valence-corrected chi connectivity index (χ2v) is 5.50. The van der Waals surface area contributed by atoms with E-state index in [9.17, 15) is 9.59 Å². The van der Waals surface area contributed by atoms with Crippen LogP contribution >= 0.6 is 0 Å². The molecule has 1 aliphatic heterocycles. The van der Waals surface area contributed by atoms with Crippen molar-refractivity contribution >= 4 is 11.7 Å². The van der Waals surface area contributed by atoms with E-state index >= 15 is 0 Å². The van der Waals surface area contributed by atoms with Gasteiger partial charge in [0.1, 0.15) is 0 Å². The summed E-state index contributed by atoms with van der Waals surface area (Å²) >= 11 is 0. The first-order valence-electron chi connectivity index (χ1n) is 7.21. The van der Waals surface area contributed by atoms with Crippen molar-refractivity contribution in [1.29, 1.82) is 0 Å². The van der Waals surface area contributed by atoms with Crippen LogP contribution in [0.3, 0.4) is 0 Å². The number of ketones is 1. The van der Waals surface area contributed by atoms with Gasteiger partial charge in [0.05, 0.1) is 0 Å². The van der Waals surface area contributed by atoms with Crippen LogP contribution in [0.25, 0.3) is 0 Å². The lowest BCUT2D eigenvalue weighted by molar-refractivity contribution is 0.0743. The highest BCUT2D eigenvalue weighted by Gasteiger charge is 2.31. The van der Waals surface area contributed by atoms with Gasteiger partial charge < -0.3 is 10.6 Å². The largest absolute Gasteiger partial charge is 0.336 e. The summed E-state index contributed by atoms with van der Waals surface area (Å²) in [5, 5.41) is 0. The Morgan fingerprint density at radius 2 is 1.85 bits per heavy atom. The standard InChI is InChI=1S/C16H22N2O2/c1-3-15(19)13-4-6-14(7-5-13)16(20)18-10-12(9-17)8-11(18)2/h4-7,11-12H,3,8-10,17H2,1-2H3. The summed E-state index contributed by atoms with van der Waals surface area (Å²) in [6.45, 7) is 5.24. The lowest BCUT2D eigenvalue weighted by atomic mass is 10.1. The Morgan fingerprint density at radius 3 is 2.35 bits per heavy atom. The first-order chi connectivity index (χ1) is 9.56. The highest BCUT2D eigenvalue weighted by Crippen LogP contribution is 2.24. The fourth-order valence-electron chi connectivity index (χ4n) is 2.76. The van der Waals surface area contributed by atoms with Gasteiger partial charge in [-0.05, 0) is 37.9 Å². The fourth-order valence-corrected chi connectivity index (χ4v) is 2.76. The second-order valence-electron chi connectivity index (χ2n) is 5.50. The molecule has 2 atom stereocenters. The molecule has 2 rings (SSSR count). The van der Waals surface area contributed by atoms with Crippen molar-refractivity contribution in [3.8, 4) is 0 Å². The highest BCUT2D eigenvalue weighted by molar-refractivity contribution is 5.98. The number of hydrogen-bond donors (Lipinski definition) is 1. The number of carbonyl (C=O) groups excluding carboxylic acids is 2. The number of carbonyl (C=O) groups is 2. The van der Waals surface area contributed by atoms with Gasteiger partial charge in [-0.3, -0.25) is 9.59 Å². The van der Waals surface area contributed by atoms with Crippen LogP contribution < -0.4 is 5.73 Å². The molecule has 0 aliphatic carbocycles. The van der Waals surface area contributed by atoms with Crippen molar-refractivity contribution in [3.63, 3.8) is 0 Å². The summed E-state index contributed by atoms with van der Waals surface area (Å²) in [4.78, 5) is 25.9. The van der Waals surface area contributed by atoms with E-state index < -0.39 is 0 Å². The molecular formula is C16H22N2O2. The maximum Gasteiger partial charge on any atom is 0.254 e. The molecule has 108 valence electrons. The third-order valence-corrected chi connectivity index (χ3v) is 4.03. The molecule has 1 amide bonds. The summed E-state index contributed by atoms with van der Waals surface area (Å²) in [6, 6.07) is 7.19. The van der Waals surface area contributed by atoms with Gasteiger partial charge in [-0.1, -0.05) is 19.1 Å². The predicted molar refractivity (Wildman–Crippen MR) is 78.7 cm³/mol. The smallest absolute Gasteiger partial charge is 0.254 e.